The van der Waals surface area contributed by atoms with Crippen molar-refractivity contribution in [3.8, 4) is 0 Å². The van der Waals surface area contributed by atoms with E-state index in [1.807, 2.05) is 0 Å². The lowest BCUT2D eigenvalue weighted by molar-refractivity contribution is -0.144. The van der Waals surface area contributed by atoms with Crippen LogP contribution in [0.25, 0.3) is 0 Å². The first-order valence-electron chi connectivity index (χ1n) is 12.4. The van der Waals surface area contributed by atoms with Gasteiger partial charge in [-0.3, -0.25) is 29.2 Å². The van der Waals surface area contributed by atoms with Crippen molar-refractivity contribution in [2.24, 2.45) is 44.6 Å². The maximum absolute atomic E-state index is 13.1. The number of amides is 3. The maximum atomic E-state index is 13.1. The highest BCUT2D eigenvalue weighted by atomic mass is 16.4. The molecule has 17 nitrogen and oxygen atoms in total. The molecule has 222 valence electrons. The normalized spacial score (nSPS) is 14.4. The first kappa shape index (κ1) is 34.9. The molecule has 0 aliphatic rings. The van der Waals surface area contributed by atoms with Gasteiger partial charge in [0.15, 0.2) is 11.9 Å². The van der Waals surface area contributed by atoms with E-state index >= 15 is 0 Å². The van der Waals surface area contributed by atoms with Crippen LogP contribution in [-0.4, -0.2) is 89.0 Å². The molecule has 0 aromatic heterocycles. The number of aliphatic carboxylic acids is 2. The molecule has 0 bridgehead atoms. The number of nitrogens with one attached hydrogen (secondary N) is 3. The van der Waals surface area contributed by atoms with Gasteiger partial charge in [-0.2, -0.15) is 0 Å². The largest absolute Gasteiger partial charge is 0.481 e. The van der Waals surface area contributed by atoms with Gasteiger partial charge in [0.05, 0.1) is 12.5 Å². The van der Waals surface area contributed by atoms with Crippen molar-refractivity contribution in [3.05, 3.63) is 0 Å². The molecule has 15 N–H and O–H groups in total. The van der Waals surface area contributed by atoms with E-state index in [1.54, 1.807) is 13.8 Å². The fraction of sp³-hybridized carbons (Fsp3) is 0.682. The third-order valence-electron chi connectivity index (χ3n) is 5.67. The third-order valence-corrected chi connectivity index (χ3v) is 5.67. The second-order valence-corrected chi connectivity index (χ2v) is 8.93. The zero-order chi connectivity index (χ0) is 30.1. The lowest BCUT2D eigenvalue weighted by atomic mass is 9.98. The molecule has 0 rings (SSSR count). The van der Waals surface area contributed by atoms with Crippen molar-refractivity contribution in [2.45, 2.75) is 76.5 Å². The van der Waals surface area contributed by atoms with Gasteiger partial charge in [-0.05, 0) is 31.6 Å². The molecule has 0 aromatic carbocycles. The van der Waals surface area contributed by atoms with E-state index in [0.717, 1.165) is 0 Å². The lowest BCUT2D eigenvalue weighted by Crippen LogP contribution is -2.58. The zero-order valence-electron chi connectivity index (χ0n) is 22.3. The average Bonchev–Trinajstić information content (AvgIpc) is 2.84. The zero-order valence-corrected chi connectivity index (χ0v) is 22.3. The van der Waals surface area contributed by atoms with E-state index in [9.17, 15) is 34.2 Å². The third kappa shape index (κ3) is 15.0. The Kier molecular flexibility index (Phi) is 16.2. The van der Waals surface area contributed by atoms with Crippen molar-refractivity contribution >= 4 is 41.6 Å². The van der Waals surface area contributed by atoms with E-state index in [0.29, 0.717) is 12.8 Å². The molecule has 0 saturated carbocycles. The maximum Gasteiger partial charge on any atom is 0.326 e. The molecule has 0 fully saturated rings. The first-order chi connectivity index (χ1) is 18.2. The van der Waals surface area contributed by atoms with Gasteiger partial charge in [-0.25, -0.2) is 4.79 Å². The van der Waals surface area contributed by atoms with E-state index < -0.39 is 66.2 Å². The van der Waals surface area contributed by atoms with Gasteiger partial charge in [0.25, 0.3) is 0 Å². The van der Waals surface area contributed by atoms with Gasteiger partial charge in [0.2, 0.25) is 17.7 Å². The molecule has 5 unspecified atom stereocenters. The summed E-state index contributed by atoms with van der Waals surface area (Å²) in [5.74, 6) is -6.02. The smallest absolute Gasteiger partial charge is 0.326 e. The van der Waals surface area contributed by atoms with Gasteiger partial charge >= 0.3 is 11.9 Å². The predicted molar refractivity (Wildman–Crippen MR) is 143 cm³/mol. The highest BCUT2D eigenvalue weighted by molar-refractivity contribution is 5.95. The minimum Gasteiger partial charge on any atom is -0.481 e. The SMILES string of the molecule is CCC(C)C(NC(=O)C(CC(=O)O)NC(=O)C(CCCN=C(N)N)NC(=O)C(N)CCCN=C(N)N)C(=O)O. The van der Waals surface area contributed by atoms with Crippen LogP contribution in [0, 0.1) is 5.92 Å². The van der Waals surface area contributed by atoms with E-state index in [1.165, 1.54) is 0 Å². The van der Waals surface area contributed by atoms with Crippen molar-refractivity contribution in [1.29, 1.82) is 0 Å². The van der Waals surface area contributed by atoms with Gasteiger partial charge < -0.3 is 54.8 Å². The van der Waals surface area contributed by atoms with Crippen LogP contribution in [0.15, 0.2) is 9.98 Å². The Morgan fingerprint density at radius 3 is 1.72 bits per heavy atom. The molecule has 0 aliphatic heterocycles. The van der Waals surface area contributed by atoms with Crippen molar-refractivity contribution < 1.29 is 34.2 Å². The average molecular weight is 559 g/mol. The fourth-order valence-electron chi connectivity index (χ4n) is 3.29. The summed E-state index contributed by atoms with van der Waals surface area (Å²) in [4.78, 5) is 69.1. The molecule has 0 aromatic rings. The fourth-order valence-corrected chi connectivity index (χ4v) is 3.29. The second-order valence-electron chi connectivity index (χ2n) is 8.93. The van der Waals surface area contributed by atoms with E-state index in [4.69, 9.17) is 28.7 Å². The van der Waals surface area contributed by atoms with Crippen molar-refractivity contribution in [1.82, 2.24) is 16.0 Å². The summed E-state index contributed by atoms with van der Waals surface area (Å²) in [6.45, 7) is 3.70. The van der Waals surface area contributed by atoms with Crippen LogP contribution < -0.4 is 44.6 Å². The molecule has 0 heterocycles. The summed E-state index contributed by atoms with van der Waals surface area (Å²) in [5.41, 5.74) is 27.0. The molecule has 0 spiro atoms. The number of nitrogens with two attached hydrogens (primary N) is 5. The standard InChI is InChI=1S/C22H42N10O7/c1-3-11(2)16(20(38)39)32-19(37)14(10-15(33)34)31-18(36)13(7-5-9-29-22(26)27)30-17(35)12(23)6-4-8-28-21(24)25/h11-14,16H,3-10,23H2,1-2H3,(H,30,35)(H,31,36)(H,32,37)(H,33,34)(H,38,39)(H4,24,25,28)(H4,26,27,29). The molecule has 3 amide bonds. The van der Waals surface area contributed by atoms with Crippen LogP contribution in [0.2, 0.25) is 0 Å². The quantitative estimate of drug-likeness (QED) is 0.0419. The van der Waals surface area contributed by atoms with E-state index in [-0.39, 0.29) is 44.3 Å². The topological polar surface area (TPSA) is 317 Å². The molecule has 0 saturated heterocycles. The molecular formula is C22H42N10O7. The van der Waals surface area contributed by atoms with Crippen LogP contribution in [0.3, 0.4) is 0 Å². The Balaban J connectivity index is 5.63. The van der Waals surface area contributed by atoms with Crippen LogP contribution in [-0.2, 0) is 24.0 Å². The minimum atomic E-state index is -1.62. The Morgan fingerprint density at radius 2 is 1.26 bits per heavy atom. The summed E-state index contributed by atoms with van der Waals surface area (Å²) in [7, 11) is 0. The highest BCUT2D eigenvalue weighted by Gasteiger charge is 2.33. The van der Waals surface area contributed by atoms with Gasteiger partial charge in [0, 0.05) is 13.1 Å². The van der Waals surface area contributed by atoms with Crippen LogP contribution in [0.5, 0.6) is 0 Å². The Morgan fingerprint density at radius 1 is 0.769 bits per heavy atom. The summed E-state index contributed by atoms with van der Waals surface area (Å²) in [6.07, 6.45) is 0.422. The van der Waals surface area contributed by atoms with Crippen LogP contribution >= 0.6 is 0 Å². The monoisotopic (exact) mass is 558 g/mol. The molecule has 17 heteroatoms. The molecule has 0 aliphatic carbocycles. The molecule has 0 radical (unpaired) electrons. The number of aliphatic imine (C=N–C) groups is 2. The van der Waals surface area contributed by atoms with Crippen LogP contribution in [0.1, 0.15) is 52.4 Å². The Bertz CT molecular complexity index is 904. The summed E-state index contributed by atoms with van der Waals surface area (Å²) in [6, 6.07) is -5.17. The number of rotatable bonds is 19. The highest BCUT2D eigenvalue weighted by Crippen LogP contribution is 2.09. The number of carboxylic acid groups (broad SMARTS) is 2. The lowest BCUT2D eigenvalue weighted by Gasteiger charge is -2.26. The van der Waals surface area contributed by atoms with Crippen LogP contribution in [0.4, 0.5) is 0 Å². The van der Waals surface area contributed by atoms with E-state index in [2.05, 4.69) is 25.9 Å². The Hall–Kier alpha value is -4.15. The summed E-state index contributed by atoms with van der Waals surface area (Å²) >= 11 is 0. The molecular weight excluding hydrogens is 516 g/mol. The summed E-state index contributed by atoms with van der Waals surface area (Å²) < 4.78 is 0. The number of hydrogen-bond acceptors (Lipinski definition) is 8. The predicted octanol–water partition coefficient (Wildman–Crippen LogP) is -3.52. The van der Waals surface area contributed by atoms with Gasteiger partial charge in [0.1, 0.15) is 18.1 Å². The molecule has 5 atom stereocenters. The number of guanidine groups is 2. The number of nitrogens with zero attached hydrogens (tertiary/aromatic N) is 2. The minimum absolute atomic E-state index is 0.0150. The summed E-state index contributed by atoms with van der Waals surface area (Å²) in [5, 5.41) is 25.8. The van der Waals surface area contributed by atoms with Crippen molar-refractivity contribution in [2.75, 3.05) is 13.1 Å². The Labute approximate surface area is 226 Å². The van der Waals surface area contributed by atoms with Crippen molar-refractivity contribution in [3.63, 3.8) is 0 Å². The van der Waals surface area contributed by atoms with Gasteiger partial charge in [-0.15, -0.1) is 0 Å². The number of hydrogen-bond donors (Lipinski definition) is 10. The second kappa shape index (κ2) is 18.2. The van der Waals surface area contributed by atoms with Gasteiger partial charge in [-0.1, -0.05) is 20.3 Å². The number of carbonyl (C=O) groups excluding carboxylic acids is 3. The number of carboxylic acids is 2. The number of carbonyl (C=O) groups is 5. The molecule has 39 heavy (non-hydrogen) atoms. The first-order valence-corrected chi connectivity index (χ1v) is 12.4.